The number of rotatable bonds is 11. The largest absolute Gasteiger partial charge is 0.456 e. The second-order valence-corrected chi connectivity index (χ2v) is 31.8. The Morgan fingerprint density at radius 2 is 0.574 bits per heavy atom. The van der Waals surface area contributed by atoms with Gasteiger partial charge in [0.05, 0.1) is 33.5 Å². The van der Waals surface area contributed by atoms with E-state index in [9.17, 15) is 0 Å². The zero-order valence-electron chi connectivity index (χ0n) is 65.3. The minimum atomic E-state index is 0.590. The van der Waals surface area contributed by atoms with Gasteiger partial charge in [0.15, 0.2) is 34.9 Å². The zero-order chi connectivity index (χ0) is 80.3. The fourth-order valence-corrected chi connectivity index (χ4v) is 19.2. The third-order valence-corrected chi connectivity index (χ3v) is 24.7. The van der Waals surface area contributed by atoms with Gasteiger partial charge in [-0.1, -0.05) is 297 Å². The number of hydrogen-bond donors (Lipinski definition) is 0. The molecule has 0 fully saturated rings. The summed E-state index contributed by atoms with van der Waals surface area (Å²) in [5, 5.41) is 15.6. The molecule has 0 radical (unpaired) electrons. The monoisotopic (exact) mass is 1580 g/mol. The maximum atomic E-state index is 6.44. The van der Waals surface area contributed by atoms with E-state index in [2.05, 4.69) is 314 Å². The minimum absolute atomic E-state index is 0.590. The Kier molecular flexibility index (Phi) is 16.5. The summed E-state index contributed by atoms with van der Waals surface area (Å²) in [5.41, 5.74) is 22.2. The van der Waals surface area contributed by atoms with Gasteiger partial charge in [0, 0.05) is 146 Å². The van der Waals surface area contributed by atoms with Gasteiger partial charge in [-0.15, -0.1) is 11.3 Å². The topological polar surface area (TPSA) is 134 Å². The van der Waals surface area contributed by atoms with Gasteiger partial charge in [-0.25, -0.2) is 39.9 Å². The zero-order valence-corrected chi connectivity index (χ0v) is 66.1. The van der Waals surface area contributed by atoms with E-state index < -0.39 is 0 Å². The van der Waals surface area contributed by atoms with Crippen LogP contribution in [0, 0.1) is 0 Å². The molecule has 0 amide bonds. The highest BCUT2D eigenvalue weighted by atomic mass is 32.1. The summed E-state index contributed by atoms with van der Waals surface area (Å²) in [6.45, 7) is 0. The first kappa shape index (κ1) is 70.0. The number of fused-ring (bicyclic) bond motifs is 20. The lowest BCUT2D eigenvalue weighted by molar-refractivity contribution is 0.669. The van der Waals surface area contributed by atoms with E-state index in [0.717, 1.165) is 193 Å². The highest BCUT2D eigenvalue weighted by Gasteiger charge is 2.26. The lowest BCUT2D eigenvalue weighted by Gasteiger charge is -2.15. The highest BCUT2D eigenvalue weighted by molar-refractivity contribution is 7.26. The van der Waals surface area contributed by atoms with Gasteiger partial charge in [-0.2, -0.15) is 0 Å². The molecule has 0 atom stereocenters. The van der Waals surface area contributed by atoms with E-state index in [4.69, 9.17) is 48.7 Å². The normalized spacial score (nSPS) is 11.8. The van der Waals surface area contributed by atoms with Crippen molar-refractivity contribution in [2.75, 3.05) is 0 Å². The van der Waals surface area contributed by atoms with Crippen molar-refractivity contribution < 1.29 is 8.83 Å². The predicted octanol–water partition coefficient (Wildman–Crippen LogP) is 29.1. The molecule has 0 aliphatic rings. The van der Waals surface area contributed by atoms with Crippen LogP contribution < -0.4 is 0 Å². The summed E-state index contributed by atoms with van der Waals surface area (Å²) in [6, 6.07) is 137. The SMILES string of the molecule is c1ccc(-c2nc(-c3cccc(-c4cccc5c4nc(-c4ccccc4)c4ccc6oc7ccccc7c6c45)c3)nc(-c3ccc4c(c3)c3ccccc3n4-c3ccccc3)n2)cc1.c1ccc(-c2nc(-c3cccc(-c4cccc5c4nc(-c4ccccc4)c4ccc6oc7ccccc7c6c45)c3)nc(-c3cccc4sc5ccccc5c34)n2)cc1. The van der Waals surface area contributed by atoms with Gasteiger partial charge < -0.3 is 13.4 Å². The minimum Gasteiger partial charge on any atom is -0.456 e. The molecular formula is C110H65N9O2S. The number of aromatic nitrogens is 9. The van der Waals surface area contributed by atoms with E-state index in [1.165, 1.54) is 20.2 Å². The molecular weight excluding hydrogens is 1510 g/mol. The Bertz CT molecular complexity index is 8520. The third kappa shape index (κ3) is 11.8. The average molecular weight is 1580 g/mol. The molecule has 122 heavy (non-hydrogen) atoms. The van der Waals surface area contributed by atoms with Crippen LogP contribution in [0.25, 0.3) is 248 Å². The van der Waals surface area contributed by atoms with Crippen LogP contribution in [-0.2, 0) is 0 Å². The van der Waals surface area contributed by atoms with E-state index >= 15 is 0 Å². The van der Waals surface area contributed by atoms with Crippen LogP contribution >= 0.6 is 11.3 Å². The van der Waals surface area contributed by atoms with Crippen LogP contribution in [0.5, 0.6) is 0 Å². The quantitative estimate of drug-likeness (QED) is 0.115. The summed E-state index contributed by atoms with van der Waals surface area (Å²) < 4.78 is 17.6. The second kappa shape index (κ2) is 28.8. The molecule has 25 rings (SSSR count). The molecule has 0 aliphatic carbocycles. The van der Waals surface area contributed by atoms with Gasteiger partial charge >= 0.3 is 0 Å². The van der Waals surface area contributed by atoms with Crippen molar-refractivity contribution in [1.29, 1.82) is 0 Å². The molecule has 0 unspecified atom stereocenters. The third-order valence-electron chi connectivity index (χ3n) is 23.5. The summed E-state index contributed by atoms with van der Waals surface area (Å²) in [6.07, 6.45) is 0. The van der Waals surface area contributed by atoms with Crippen molar-refractivity contribution in [1.82, 2.24) is 44.4 Å². The smallest absolute Gasteiger partial charge is 0.164 e. The molecule has 0 saturated heterocycles. The molecule has 17 aromatic carbocycles. The first-order valence-electron chi connectivity index (χ1n) is 40.8. The van der Waals surface area contributed by atoms with Crippen molar-refractivity contribution >= 4 is 141 Å². The molecule has 8 aromatic heterocycles. The van der Waals surface area contributed by atoms with Crippen molar-refractivity contribution in [2.24, 2.45) is 0 Å². The molecule has 8 heterocycles. The molecule has 12 heteroatoms. The van der Waals surface area contributed by atoms with Gasteiger partial charge in [0.1, 0.15) is 22.3 Å². The second-order valence-electron chi connectivity index (χ2n) is 30.7. The predicted molar refractivity (Wildman–Crippen MR) is 501 cm³/mol. The Balaban J connectivity index is 0.000000139. The lowest BCUT2D eigenvalue weighted by Crippen LogP contribution is -2.00. The molecule has 0 aliphatic heterocycles. The van der Waals surface area contributed by atoms with E-state index in [0.29, 0.717) is 34.9 Å². The standard InChI is InChI=1S/C58H35N5O.C52H30N4OS/c1-4-16-36(17-5-1)54-46-31-33-51-53(44-25-11-13-29-50(44)64-51)52(46)45-27-15-26-42(55(45)59-54)38-20-14-21-39(34-38)57-60-56(37-18-6-2-7-19-37)61-58(62-57)40-30-32-49-47(35-40)43-24-10-12-28-48(43)63(49)41-22-8-3-9-23-41;1-3-14-31(15-4-1)48-39-28-29-42-47(36-20-7-9-25-41(36)57-42)46(39)38-23-12-22-35(49(38)53-48)33-18-11-19-34(30-33)51-54-50(32-16-5-2-6-17-32)55-52(56-51)40-24-13-27-44-45(40)37-21-8-10-26-43(37)58-44/h1-35H;1-30H. The summed E-state index contributed by atoms with van der Waals surface area (Å²) in [7, 11) is 0. The number of benzene rings is 17. The number of thiophene rings is 1. The van der Waals surface area contributed by atoms with Crippen molar-refractivity contribution in [3.05, 3.63) is 394 Å². The average Bonchev–Trinajstić information content (AvgIpc) is 1.37. The van der Waals surface area contributed by atoms with Gasteiger partial charge in [0.25, 0.3) is 0 Å². The maximum absolute atomic E-state index is 6.44. The Hall–Kier alpha value is -16.3. The van der Waals surface area contributed by atoms with Crippen LogP contribution in [0.4, 0.5) is 0 Å². The molecule has 0 saturated carbocycles. The molecule has 0 bridgehead atoms. The number of pyridine rings is 2. The van der Waals surface area contributed by atoms with Gasteiger partial charge in [-0.3, -0.25) is 0 Å². The van der Waals surface area contributed by atoms with Crippen LogP contribution in [0.3, 0.4) is 0 Å². The van der Waals surface area contributed by atoms with Crippen LogP contribution in [0.15, 0.2) is 403 Å². The first-order chi connectivity index (χ1) is 60.5. The van der Waals surface area contributed by atoms with Crippen LogP contribution in [0.2, 0.25) is 0 Å². The van der Waals surface area contributed by atoms with Crippen molar-refractivity contribution in [3.63, 3.8) is 0 Å². The fraction of sp³-hybridized carbons (Fsp3) is 0. The summed E-state index contributed by atoms with van der Waals surface area (Å²) in [5.74, 6) is 3.69. The van der Waals surface area contributed by atoms with Gasteiger partial charge in [-0.05, 0) is 108 Å². The van der Waals surface area contributed by atoms with Crippen LogP contribution in [0.1, 0.15) is 0 Å². The Morgan fingerprint density at radius 1 is 0.197 bits per heavy atom. The molecule has 11 nitrogen and oxygen atoms in total. The van der Waals surface area contributed by atoms with Crippen LogP contribution in [-0.4, -0.2) is 44.4 Å². The maximum Gasteiger partial charge on any atom is 0.164 e. The number of para-hydroxylation sites is 6. The van der Waals surface area contributed by atoms with Crippen molar-refractivity contribution in [3.8, 4) is 119 Å². The Morgan fingerprint density at radius 3 is 1.11 bits per heavy atom. The van der Waals surface area contributed by atoms with Gasteiger partial charge in [0.2, 0.25) is 0 Å². The number of hydrogen-bond acceptors (Lipinski definition) is 11. The number of furan rings is 2. The first-order valence-corrected chi connectivity index (χ1v) is 41.6. The molecule has 0 N–H and O–H groups in total. The molecule has 0 spiro atoms. The lowest BCUT2D eigenvalue weighted by atomic mass is 9.93. The molecule has 568 valence electrons. The highest BCUT2D eigenvalue weighted by Crippen LogP contribution is 2.48. The van der Waals surface area contributed by atoms with E-state index in [-0.39, 0.29) is 0 Å². The summed E-state index contributed by atoms with van der Waals surface area (Å²) >= 11 is 1.79. The van der Waals surface area contributed by atoms with Crippen molar-refractivity contribution in [2.45, 2.75) is 0 Å². The van der Waals surface area contributed by atoms with E-state index in [1.807, 2.05) is 84.9 Å². The summed E-state index contributed by atoms with van der Waals surface area (Å²) in [4.78, 5) is 42.1. The van der Waals surface area contributed by atoms with E-state index in [1.54, 1.807) is 11.3 Å². The number of nitrogens with zero attached hydrogens (tertiary/aromatic N) is 9. The fourth-order valence-electron chi connectivity index (χ4n) is 18.0. The molecule has 25 aromatic rings. The Labute approximate surface area is 702 Å².